The minimum atomic E-state index is -0.477. The number of anilines is 1. The van der Waals surface area contributed by atoms with Crippen LogP contribution < -0.4 is 4.90 Å². The van der Waals surface area contributed by atoms with Crippen LogP contribution in [0, 0.1) is 12.3 Å². The lowest BCUT2D eigenvalue weighted by atomic mass is 10.1. The molecule has 124 valence electrons. The van der Waals surface area contributed by atoms with Crippen LogP contribution in [0.1, 0.15) is 40.2 Å². The van der Waals surface area contributed by atoms with Gasteiger partial charge in [0.2, 0.25) is 0 Å². The van der Waals surface area contributed by atoms with E-state index in [-0.39, 0.29) is 18.2 Å². The summed E-state index contributed by atoms with van der Waals surface area (Å²) in [6.07, 6.45) is 5.24. The van der Waals surface area contributed by atoms with Gasteiger partial charge in [-0.15, -0.1) is 6.42 Å². The Labute approximate surface area is 139 Å². The summed E-state index contributed by atoms with van der Waals surface area (Å²) in [5.41, 5.74) is 1.50. The van der Waals surface area contributed by atoms with Crippen molar-refractivity contribution in [1.82, 2.24) is 4.90 Å². The minimum absolute atomic E-state index is 0.0723. The largest absolute Gasteiger partial charge is 0.444 e. The molecule has 0 saturated carbocycles. The Bertz CT molecular complexity index is 601. The normalized spacial score (nSPS) is 21.7. The quantitative estimate of drug-likeness (QED) is 0.744. The van der Waals surface area contributed by atoms with Crippen LogP contribution in [0.3, 0.4) is 0 Å². The summed E-state index contributed by atoms with van der Waals surface area (Å²) in [4.78, 5) is 16.6. The summed E-state index contributed by atoms with van der Waals surface area (Å²) in [6.45, 7) is 11.3. The Hall–Kier alpha value is -2.15. The number of carbonyl (C=O) groups is 1. The summed E-state index contributed by atoms with van der Waals surface area (Å²) in [6, 6.07) is 8.12. The van der Waals surface area contributed by atoms with Crippen molar-refractivity contribution in [1.29, 1.82) is 0 Å². The maximum absolute atomic E-state index is 12.4. The summed E-state index contributed by atoms with van der Waals surface area (Å²) in [7, 11) is 0. The first-order valence-corrected chi connectivity index (χ1v) is 8.04. The molecule has 1 amide bonds. The highest BCUT2D eigenvalue weighted by molar-refractivity contribution is 5.69. The van der Waals surface area contributed by atoms with Crippen molar-refractivity contribution in [2.75, 3.05) is 18.0 Å². The van der Waals surface area contributed by atoms with Crippen LogP contribution in [0.5, 0.6) is 0 Å². The maximum atomic E-state index is 12.4. The molecular weight excluding hydrogens is 288 g/mol. The van der Waals surface area contributed by atoms with Gasteiger partial charge in [0.15, 0.2) is 0 Å². The van der Waals surface area contributed by atoms with Crippen molar-refractivity contribution in [3.63, 3.8) is 0 Å². The predicted molar refractivity (Wildman–Crippen MR) is 93.6 cm³/mol. The van der Waals surface area contributed by atoms with Gasteiger partial charge < -0.3 is 9.64 Å². The fourth-order valence-electron chi connectivity index (χ4n) is 3.00. The molecule has 1 aromatic carbocycles. The Kier molecular flexibility index (Phi) is 4.89. The van der Waals surface area contributed by atoms with Gasteiger partial charge >= 0.3 is 6.09 Å². The van der Waals surface area contributed by atoms with Gasteiger partial charge in [0.25, 0.3) is 0 Å². The van der Waals surface area contributed by atoms with Crippen molar-refractivity contribution in [3.05, 3.63) is 29.8 Å². The molecule has 1 heterocycles. The summed E-state index contributed by atoms with van der Waals surface area (Å²) in [5, 5.41) is 0. The molecule has 2 atom stereocenters. The average Bonchev–Trinajstić information content (AvgIpc) is 2.44. The van der Waals surface area contributed by atoms with Crippen LogP contribution in [0.15, 0.2) is 24.3 Å². The molecule has 1 aliphatic heterocycles. The van der Waals surface area contributed by atoms with Gasteiger partial charge in [-0.25, -0.2) is 4.79 Å². The van der Waals surface area contributed by atoms with Gasteiger partial charge in [-0.05, 0) is 52.8 Å². The van der Waals surface area contributed by atoms with E-state index in [0.717, 1.165) is 24.3 Å². The number of carbonyl (C=O) groups excluding carboxylic acids is 1. The number of benzene rings is 1. The Morgan fingerprint density at radius 1 is 1.26 bits per heavy atom. The summed E-state index contributed by atoms with van der Waals surface area (Å²) in [5.74, 6) is 2.67. The number of hydrogen-bond donors (Lipinski definition) is 0. The second kappa shape index (κ2) is 6.54. The highest BCUT2D eigenvalue weighted by atomic mass is 16.6. The highest BCUT2D eigenvalue weighted by Gasteiger charge is 2.35. The fourth-order valence-corrected chi connectivity index (χ4v) is 3.00. The lowest BCUT2D eigenvalue weighted by Crippen LogP contribution is -2.59. The van der Waals surface area contributed by atoms with Crippen LogP contribution in [-0.4, -0.2) is 41.8 Å². The van der Waals surface area contributed by atoms with Gasteiger partial charge in [0.05, 0.1) is 12.1 Å². The number of terminal acetylenes is 1. The van der Waals surface area contributed by atoms with Crippen molar-refractivity contribution in [3.8, 4) is 12.3 Å². The molecule has 4 heteroatoms. The number of rotatable bonds is 1. The minimum Gasteiger partial charge on any atom is -0.444 e. The van der Waals surface area contributed by atoms with Crippen LogP contribution in [-0.2, 0) is 4.74 Å². The molecule has 0 bridgehead atoms. The molecule has 0 radical (unpaired) electrons. The molecule has 23 heavy (non-hydrogen) atoms. The first kappa shape index (κ1) is 17.2. The Morgan fingerprint density at radius 3 is 2.39 bits per heavy atom. The Morgan fingerprint density at radius 2 is 1.87 bits per heavy atom. The van der Waals surface area contributed by atoms with E-state index in [1.807, 2.05) is 43.9 Å². The average molecular weight is 314 g/mol. The van der Waals surface area contributed by atoms with E-state index in [4.69, 9.17) is 11.2 Å². The number of hydrogen-bond acceptors (Lipinski definition) is 3. The van der Waals surface area contributed by atoms with Crippen molar-refractivity contribution >= 4 is 11.8 Å². The zero-order chi connectivity index (χ0) is 17.2. The van der Waals surface area contributed by atoms with E-state index in [0.29, 0.717) is 0 Å². The molecule has 0 aliphatic carbocycles. The predicted octanol–water partition coefficient (Wildman–Crippen LogP) is 3.50. The van der Waals surface area contributed by atoms with Gasteiger partial charge in [-0.2, -0.15) is 0 Å². The number of ether oxygens (including phenoxy) is 1. The first-order valence-electron chi connectivity index (χ1n) is 8.04. The second-order valence-electron chi connectivity index (χ2n) is 7.19. The van der Waals surface area contributed by atoms with E-state index >= 15 is 0 Å². The zero-order valence-corrected chi connectivity index (χ0v) is 14.7. The zero-order valence-electron chi connectivity index (χ0n) is 14.7. The van der Waals surface area contributed by atoms with Crippen LogP contribution in [0.25, 0.3) is 0 Å². The topological polar surface area (TPSA) is 32.8 Å². The molecule has 2 rings (SSSR count). The summed E-state index contributed by atoms with van der Waals surface area (Å²) < 4.78 is 5.54. The van der Waals surface area contributed by atoms with Crippen molar-refractivity contribution in [2.45, 2.75) is 52.3 Å². The molecule has 1 saturated heterocycles. The van der Waals surface area contributed by atoms with Gasteiger partial charge in [0, 0.05) is 24.3 Å². The SMILES string of the molecule is C#Cc1cccc(N2C[C@@H](C)N(C(=O)OC(C)(C)C)[C@@H](C)C2)c1. The third-order valence-corrected chi connectivity index (χ3v) is 3.90. The first-order chi connectivity index (χ1) is 10.7. The van der Waals surface area contributed by atoms with E-state index in [1.165, 1.54) is 0 Å². The number of piperazine rings is 1. The number of amides is 1. The molecule has 1 fully saturated rings. The second-order valence-corrected chi connectivity index (χ2v) is 7.19. The summed E-state index contributed by atoms with van der Waals surface area (Å²) >= 11 is 0. The smallest absolute Gasteiger partial charge is 0.410 e. The maximum Gasteiger partial charge on any atom is 0.410 e. The monoisotopic (exact) mass is 314 g/mol. The molecule has 4 nitrogen and oxygen atoms in total. The van der Waals surface area contributed by atoms with Gasteiger partial charge in [-0.1, -0.05) is 12.0 Å². The fraction of sp³-hybridized carbons (Fsp3) is 0.526. The molecule has 1 aliphatic rings. The molecule has 0 spiro atoms. The standard InChI is InChI=1S/C19H26N2O2/c1-7-16-9-8-10-17(11-16)20-12-14(2)21(15(3)13-20)18(22)23-19(4,5)6/h1,8-11,14-15H,12-13H2,2-6H3/t14-,15+. The van der Waals surface area contributed by atoms with Crippen LogP contribution in [0.2, 0.25) is 0 Å². The lowest BCUT2D eigenvalue weighted by molar-refractivity contribution is 0.00566. The van der Waals surface area contributed by atoms with Gasteiger partial charge in [0.1, 0.15) is 5.60 Å². The third-order valence-electron chi connectivity index (χ3n) is 3.90. The lowest BCUT2D eigenvalue weighted by Gasteiger charge is -2.45. The molecular formula is C19H26N2O2. The third kappa shape index (κ3) is 4.19. The van der Waals surface area contributed by atoms with Crippen LogP contribution >= 0.6 is 0 Å². The van der Waals surface area contributed by atoms with E-state index in [1.54, 1.807) is 0 Å². The van der Waals surface area contributed by atoms with Crippen molar-refractivity contribution < 1.29 is 9.53 Å². The van der Waals surface area contributed by atoms with E-state index < -0.39 is 5.60 Å². The molecule has 0 aromatic heterocycles. The van der Waals surface area contributed by atoms with Gasteiger partial charge in [-0.3, -0.25) is 4.90 Å². The Balaban J connectivity index is 2.13. The molecule has 0 N–H and O–H groups in total. The van der Waals surface area contributed by atoms with E-state index in [9.17, 15) is 4.79 Å². The number of nitrogens with zero attached hydrogens (tertiary/aromatic N) is 2. The molecule has 0 unspecified atom stereocenters. The molecule has 1 aromatic rings. The van der Waals surface area contributed by atoms with E-state index in [2.05, 4.69) is 30.7 Å². The van der Waals surface area contributed by atoms with Crippen molar-refractivity contribution in [2.24, 2.45) is 0 Å². The van der Waals surface area contributed by atoms with Crippen LogP contribution in [0.4, 0.5) is 10.5 Å². The highest BCUT2D eigenvalue weighted by Crippen LogP contribution is 2.25.